The second kappa shape index (κ2) is 33.7. The summed E-state index contributed by atoms with van der Waals surface area (Å²) in [7, 11) is -4.38. The number of phosphoric acid groups is 1. The van der Waals surface area contributed by atoms with Gasteiger partial charge in [-0.3, -0.25) is 0 Å². The van der Waals surface area contributed by atoms with Gasteiger partial charge in [-0.05, 0) is 0 Å². The third-order valence-corrected chi connectivity index (χ3v) is 30.2. The topological polar surface area (TPSA) is 55.8 Å². The van der Waals surface area contributed by atoms with E-state index in [2.05, 4.69) is 55.4 Å². The Hall–Kier alpha value is 0.970. The van der Waals surface area contributed by atoms with Crippen LogP contribution in [0.5, 0.6) is 0 Å². The van der Waals surface area contributed by atoms with Crippen molar-refractivity contribution >= 4 is 21.5 Å². The van der Waals surface area contributed by atoms with Crippen molar-refractivity contribution in [2.75, 3.05) is 49.3 Å². The van der Waals surface area contributed by atoms with Crippen molar-refractivity contribution in [3.63, 3.8) is 0 Å². The number of hydrogen-bond donors (Lipinski definition) is 1. The third kappa shape index (κ3) is 24.7. The van der Waals surface area contributed by atoms with Crippen molar-refractivity contribution in [1.29, 1.82) is 0 Å². The van der Waals surface area contributed by atoms with Crippen LogP contribution in [0.4, 0.5) is 0 Å². The number of hydrogen-bond acceptors (Lipinski definition) is 3. The monoisotopic (exact) mass is 839 g/mol. The van der Waals surface area contributed by atoms with Crippen LogP contribution in [0, 0.1) is 0 Å². The van der Waals surface area contributed by atoms with Crippen LogP contribution in [-0.2, 0) is 13.2 Å². The molecule has 1 unspecified atom stereocenters. The minimum absolute atomic E-state index is 0.996. The zero-order chi connectivity index (χ0) is 41.1. The molecule has 0 spiro atoms. The van der Waals surface area contributed by atoms with Gasteiger partial charge in [0.2, 0.25) is 0 Å². The van der Waals surface area contributed by atoms with Crippen molar-refractivity contribution in [1.82, 2.24) is 0 Å². The van der Waals surface area contributed by atoms with E-state index in [9.17, 15) is 4.89 Å². The summed E-state index contributed by atoms with van der Waals surface area (Å²) in [5, 5.41) is 0. The Bertz CT molecular complexity index is 793. The maximum absolute atomic E-state index is 15.6. The van der Waals surface area contributed by atoms with Gasteiger partial charge in [-0.1, -0.05) is 0 Å². The summed E-state index contributed by atoms with van der Waals surface area (Å²) in [5.74, 6) is 0. The Morgan fingerprint density at radius 3 is 0.655 bits per heavy atom. The van der Waals surface area contributed by atoms with Crippen molar-refractivity contribution in [3.8, 4) is 0 Å². The molecule has 0 fully saturated rings. The van der Waals surface area contributed by atoms with E-state index in [4.69, 9.17) is 8.62 Å². The fourth-order valence-corrected chi connectivity index (χ4v) is 28.6. The van der Waals surface area contributed by atoms with Gasteiger partial charge in [-0.2, -0.15) is 0 Å². The second-order valence-electron chi connectivity index (χ2n) is 18.6. The average Bonchev–Trinajstić information content (AvgIpc) is 3.17. The predicted octanol–water partition coefficient (Wildman–Crippen LogP) is 18.7. The molecular formula is C48H105O4P3. The molecular weight excluding hydrogens is 733 g/mol. The molecule has 55 heavy (non-hydrogen) atoms. The fraction of sp³-hybridized carbons (Fsp3) is 1.00. The van der Waals surface area contributed by atoms with Gasteiger partial charge < -0.3 is 0 Å². The molecule has 7 heteroatoms. The van der Waals surface area contributed by atoms with Crippen LogP contribution in [0.1, 0.15) is 261 Å². The molecule has 0 aromatic carbocycles. The molecule has 0 bridgehead atoms. The molecule has 0 saturated carbocycles. The van der Waals surface area contributed by atoms with Gasteiger partial charge in [0.15, 0.2) is 0 Å². The van der Waals surface area contributed by atoms with E-state index in [0.29, 0.717) is 0 Å². The molecule has 0 radical (unpaired) electrons. The molecule has 1 N–H and O–H groups in total. The standard InChI is InChI=1S/C48H105O4P3/c1-9-17-25-29-33-37-45-55(46-38-34-30-26-18-10-2,47-39-35-31-27-19-11-3,48-40-36-32-28-20-12-4)52-53(49,50)51-54(41-21-13-5,42-22-14-6,43-23-15-7)44-24-16-8/h9-48H2,1-8H3,(H,49,50). The first-order chi connectivity index (χ1) is 26.5. The Morgan fingerprint density at radius 1 is 0.291 bits per heavy atom. The third-order valence-electron chi connectivity index (χ3n) is 13.3. The fourth-order valence-electron chi connectivity index (χ4n) is 9.67. The Kier molecular flexibility index (Phi) is 34.3. The van der Waals surface area contributed by atoms with E-state index in [1.807, 2.05) is 0 Å². The van der Waals surface area contributed by atoms with E-state index in [0.717, 1.165) is 126 Å². The molecule has 0 aromatic rings. The van der Waals surface area contributed by atoms with Crippen LogP contribution in [0.15, 0.2) is 0 Å². The molecule has 0 rings (SSSR count). The molecule has 4 nitrogen and oxygen atoms in total. The molecule has 0 aliphatic rings. The summed E-state index contributed by atoms with van der Waals surface area (Å²) in [6.45, 7) is 12.2. The Morgan fingerprint density at radius 2 is 0.455 bits per heavy atom. The number of rotatable bonds is 44. The van der Waals surface area contributed by atoms with E-state index in [1.54, 1.807) is 0 Å². The normalized spacial score (nSPS) is 15.1. The molecule has 0 aliphatic carbocycles. The van der Waals surface area contributed by atoms with Crippen LogP contribution < -0.4 is 0 Å². The SMILES string of the molecule is CCCCCCCCP(CCCCCCCC)(CCCCCCCC)(CCCCCCCC)OP(=O)(O)OP(CCCC)(CCCC)(CCCC)CCCC. The molecule has 336 valence electrons. The van der Waals surface area contributed by atoms with Gasteiger partial charge in [-0.25, -0.2) is 0 Å². The molecule has 0 amide bonds. The van der Waals surface area contributed by atoms with Crippen molar-refractivity contribution < 1.29 is 18.1 Å². The summed E-state index contributed by atoms with van der Waals surface area (Å²) in [4.78, 5) is 12.8. The molecule has 0 aliphatic heterocycles. The van der Waals surface area contributed by atoms with Crippen LogP contribution in [0.2, 0.25) is 0 Å². The Balaban J connectivity index is 7.38. The summed E-state index contributed by atoms with van der Waals surface area (Å²) >= 11 is 0. The average molecular weight is 839 g/mol. The quantitative estimate of drug-likeness (QED) is 0.0491. The zero-order valence-electron chi connectivity index (χ0n) is 39.3. The van der Waals surface area contributed by atoms with Gasteiger partial charge in [0.1, 0.15) is 0 Å². The first kappa shape index (κ1) is 56.0. The molecule has 1 atom stereocenters. The molecule has 0 saturated heterocycles. The number of unbranched alkanes of at least 4 members (excludes halogenated alkanes) is 24. The molecule has 0 aromatic heterocycles. The summed E-state index contributed by atoms with van der Waals surface area (Å²) in [6.07, 6.45) is 47.0. The van der Waals surface area contributed by atoms with Crippen LogP contribution in [0.3, 0.4) is 0 Å². The van der Waals surface area contributed by atoms with E-state index in [1.165, 1.54) is 128 Å². The van der Waals surface area contributed by atoms with Crippen LogP contribution in [0.25, 0.3) is 0 Å². The predicted molar refractivity (Wildman–Crippen MR) is 258 cm³/mol. The van der Waals surface area contributed by atoms with E-state index in [-0.39, 0.29) is 0 Å². The van der Waals surface area contributed by atoms with E-state index < -0.39 is 21.5 Å². The van der Waals surface area contributed by atoms with Crippen molar-refractivity contribution in [3.05, 3.63) is 0 Å². The van der Waals surface area contributed by atoms with Gasteiger partial charge in [-0.15, -0.1) is 0 Å². The maximum atomic E-state index is 15.6. The van der Waals surface area contributed by atoms with Gasteiger partial charge in [0, 0.05) is 0 Å². The summed E-state index contributed by atoms with van der Waals surface area (Å²) in [5.41, 5.74) is 0. The van der Waals surface area contributed by atoms with Crippen molar-refractivity contribution in [2.45, 2.75) is 261 Å². The zero-order valence-corrected chi connectivity index (χ0v) is 42.0. The summed E-state index contributed by atoms with van der Waals surface area (Å²) < 4.78 is 30.5. The first-order valence-corrected chi connectivity index (χ1v) is 32.6. The van der Waals surface area contributed by atoms with E-state index >= 15 is 4.57 Å². The summed E-state index contributed by atoms with van der Waals surface area (Å²) in [6, 6.07) is 0. The van der Waals surface area contributed by atoms with Gasteiger partial charge >= 0.3 is 350 Å². The van der Waals surface area contributed by atoms with Crippen LogP contribution in [-0.4, -0.2) is 54.2 Å². The first-order valence-electron chi connectivity index (χ1n) is 25.3. The van der Waals surface area contributed by atoms with Crippen LogP contribution >= 0.6 is 21.5 Å². The van der Waals surface area contributed by atoms with Gasteiger partial charge in [0.05, 0.1) is 0 Å². The van der Waals surface area contributed by atoms with Crippen molar-refractivity contribution in [2.24, 2.45) is 0 Å². The van der Waals surface area contributed by atoms with Gasteiger partial charge in [0.25, 0.3) is 0 Å². The minimum atomic E-state index is -4.38. The Labute approximate surface area is 348 Å². The molecule has 0 heterocycles. The second-order valence-corrected chi connectivity index (χ2v) is 31.9.